The summed E-state index contributed by atoms with van der Waals surface area (Å²) >= 11 is 0. The lowest BCUT2D eigenvalue weighted by molar-refractivity contribution is 0.0563. The fraction of sp³-hybridized carbons (Fsp3) is 0.217. The van der Waals surface area contributed by atoms with Crippen molar-refractivity contribution in [3.8, 4) is 11.1 Å². The number of aliphatic hydroxyl groups is 1. The molecule has 0 spiro atoms. The predicted molar refractivity (Wildman–Crippen MR) is 107 cm³/mol. The number of pyridine rings is 1. The third kappa shape index (κ3) is 4.61. The summed E-state index contributed by atoms with van der Waals surface area (Å²) in [5, 5.41) is 9.74. The molecule has 3 aromatic rings. The van der Waals surface area contributed by atoms with E-state index in [1.54, 1.807) is 35.5 Å². The maximum atomic E-state index is 13.5. The van der Waals surface area contributed by atoms with Gasteiger partial charge in [0.05, 0.1) is 12.6 Å². The molecule has 1 atom stereocenters. The fourth-order valence-corrected chi connectivity index (χ4v) is 3.14. The molecule has 0 fully saturated rings. The predicted octanol–water partition coefficient (Wildman–Crippen LogP) is 4.30. The van der Waals surface area contributed by atoms with Gasteiger partial charge in [-0.25, -0.2) is 4.39 Å². The van der Waals surface area contributed by atoms with Gasteiger partial charge < -0.3 is 10.0 Å². The third-order valence-electron chi connectivity index (χ3n) is 4.75. The molecule has 0 aliphatic carbocycles. The van der Waals surface area contributed by atoms with E-state index >= 15 is 0 Å². The van der Waals surface area contributed by atoms with Crippen molar-refractivity contribution in [3.05, 3.63) is 90.0 Å². The first-order chi connectivity index (χ1) is 13.6. The van der Waals surface area contributed by atoms with Gasteiger partial charge in [-0.15, -0.1) is 0 Å². The minimum atomic E-state index is -0.297. The van der Waals surface area contributed by atoms with Crippen molar-refractivity contribution in [2.24, 2.45) is 0 Å². The van der Waals surface area contributed by atoms with E-state index in [9.17, 15) is 14.3 Å². The lowest BCUT2D eigenvalue weighted by Gasteiger charge is -2.30. The van der Waals surface area contributed by atoms with Crippen LogP contribution in [-0.2, 0) is 6.54 Å². The summed E-state index contributed by atoms with van der Waals surface area (Å²) in [5.74, 6) is -0.454. The Kier molecular flexibility index (Phi) is 6.50. The van der Waals surface area contributed by atoms with Gasteiger partial charge in [-0.05, 0) is 53.4 Å². The lowest BCUT2D eigenvalue weighted by Crippen LogP contribution is -2.41. The van der Waals surface area contributed by atoms with E-state index in [4.69, 9.17) is 0 Å². The van der Waals surface area contributed by atoms with Gasteiger partial charge >= 0.3 is 0 Å². The molecule has 4 nitrogen and oxygen atoms in total. The van der Waals surface area contributed by atoms with Crippen molar-refractivity contribution in [3.63, 3.8) is 0 Å². The first kappa shape index (κ1) is 19.7. The average molecular weight is 378 g/mol. The second kappa shape index (κ2) is 9.24. The van der Waals surface area contributed by atoms with Crippen LogP contribution in [0, 0.1) is 5.82 Å². The number of benzene rings is 2. The molecule has 5 heteroatoms. The molecule has 28 heavy (non-hydrogen) atoms. The van der Waals surface area contributed by atoms with Crippen molar-refractivity contribution in [2.45, 2.75) is 25.9 Å². The summed E-state index contributed by atoms with van der Waals surface area (Å²) in [5.41, 5.74) is 3.02. The molecule has 1 aromatic heterocycles. The zero-order valence-corrected chi connectivity index (χ0v) is 15.8. The molecule has 0 bridgehead atoms. The normalized spacial score (nSPS) is 11.8. The zero-order valence-electron chi connectivity index (χ0n) is 15.8. The van der Waals surface area contributed by atoms with Crippen molar-refractivity contribution in [2.75, 3.05) is 6.61 Å². The van der Waals surface area contributed by atoms with Crippen LogP contribution >= 0.6 is 0 Å². The lowest BCUT2D eigenvalue weighted by atomic mass is 10.0. The van der Waals surface area contributed by atoms with Crippen molar-refractivity contribution in [1.82, 2.24) is 9.88 Å². The van der Waals surface area contributed by atoms with Gasteiger partial charge in [0, 0.05) is 24.5 Å². The molecule has 2 aromatic carbocycles. The average Bonchev–Trinajstić information content (AvgIpc) is 2.74. The summed E-state index contributed by atoms with van der Waals surface area (Å²) in [7, 11) is 0. The Bertz CT molecular complexity index is 909. The van der Waals surface area contributed by atoms with Gasteiger partial charge in [-0.2, -0.15) is 0 Å². The van der Waals surface area contributed by atoms with Crippen LogP contribution in [-0.4, -0.2) is 33.5 Å². The van der Waals surface area contributed by atoms with Gasteiger partial charge in [0.1, 0.15) is 5.82 Å². The Labute approximate surface area is 164 Å². The van der Waals surface area contributed by atoms with Crippen LogP contribution in [0.2, 0.25) is 0 Å². The molecule has 0 saturated heterocycles. The number of nitrogens with zero attached hydrogens (tertiary/aromatic N) is 2. The van der Waals surface area contributed by atoms with E-state index in [2.05, 4.69) is 4.98 Å². The number of aromatic nitrogens is 1. The first-order valence-electron chi connectivity index (χ1n) is 9.29. The number of hydrogen-bond donors (Lipinski definition) is 1. The van der Waals surface area contributed by atoms with E-state index in [1.807, 2.05) is 37.3 Å². The molecule has 1 amide bonds. The first-order valence-corrected chi connectivity index (χ1v) is 9.29. The summed E-state index contributed by atoms with van der Waals surface area (Å²) in [4.78, 5) is 18.9. The van der Waals surface area contributed by atoms with Crippen LogP contribution < -0.4 is 0 Å². The number of aliphatic hydroxyl groups excluding tert-OH is 1. The second-order valence-electron chi connectivity index (χ2n) is 6.63. The summed E-state index contributed by atoms with van der Waals surface area (Å²) in [6.45, 7) is 2.21. The molecule has 0 aliphatic rings. The molecular formula is C23H23FN2O2. The largest absolute Gasteiger partial charge is 0.394 e. The molecule has 0 saturated carbocycles. The van der Waals surface area contributed by atoms with E-state index in [0.717, 1.165) is 16.7 Å². The van der Waals surface area contributed by atoms with E-state index in [-0.39, 0.29) is 24.4 Å². The molecule has 1 heterocycles. The van der Waals surface area contributed by atoms with E-state index in [1.165, 1.54) is 12.1 Å². The van der Waals surface area contributed by atoms with Gasteiger partial charge in [0.25, 0.3) is 5.91 Å². The maximum Gasteiger partial charge on any atom is 0.254 e. The number of carbonyl (C=O) groups excluding carboxylic acids is 1. The maximum absolute atomic E-state index is 13.5. The highest BCUT2D eigenvalue weighted by atomic mass is 19.1. The Morgan fingerprint density at radius 3 is 2.50 bits per heavy atom. The van der Waals surface area contributed by atoms with Crippen molar-refractivity contribution >= 4 is 5.91 Å². The summed E-state index contributed by atoms with van der Waals surface area (Å²) < 4.78 is 13.5. The van der Waals surface area contributed by atoms with Gasteiger partial charge in [-0.3, -0.25) is 9.78 Å². The SMILES string of the molecule is CCC(CO)N(Cc1cccnc1)C(=O)c1ccc(-c2cccc(F)c2)cc1. The number of halogens is 1. The van der Waals surface area contributed by atoms with E-state index in [0.29, 0.717) is 18.5 Å². The quantitative estimate of drug-likeness (QED) is 0.667. The highest BCUT2D eigenvalue weighted by Gasteiger charge is 2.23. The van der Waals surface area contributed by atoms with Gasteiger partial charge in [0.2, 0.25) is 0 Å². The highest BCUT2D eigenvalue weighted by Crippen LogP contribution is 2.22. The highest BCUT2D eigenvalue weighted by molar-refractivity contribution is 5.95. The number of amides is 1. The molecule has 0 aliphatic heterocycles. The summed E-state index contributed by atoms with van der Waals surface area (Å²) in [6.07, 6.45) is 4.05. The third-order valence-corrected chi connectivity index (χ3v) is 4.75. The van der Waals surface area contributed by atoms with Gasteiger partial charge in [0.15, 0.2) is 0 Å². The molecule has 1 unspecified atom stereocenters. The van der Waals surface area contributed by atoms with Crippen LogP contribution in [0.3, 0.4) is 0 Å². The molecule has 0 radical (unpaired) electrons. The second-order valence-corrected chi connectivity index (χ2v) is 6.63. The van der Waals surface area contributed by atoms with Crippen LogP contribution in [0.1, 0.15) is 29.3 Å². The van der Waals surface area contributed by atoms with Crippen LogP contribution in [0.5, 0.6) is 0 Å². The van der Waals surface area contributed by atoms with E-state index < -0.39 is 0 Å². The Hall–Kier alpha value is -3.05. The Morgan fingerprint density at radius 1 is 1.11 bits per heavy atom. The number of hydrogen-bond acceptors (Lipinski definition) is 3. The van der Waals surface area contributed by atoms with Crippen LogP contribution in [0.15, 0.2) is 73.1 Å². The Morgan fingerprint density at radius 2 is 1.89 bits per heavy atom. The van der Waals surface area contributed by atoms with Crippen molar-refractivity contribution < 1.29 is 14.3 Å². The topological polar surface area (TPSA) is 53.4 Å². The molecular weight excluding hydrogens is 355 g/mol. The standard InChI is InChI=1S/C23H23FN2O2/c1-2-22(16-27)26(15-17-5-4-12-25-14-17)23(28)19-10-8-18(9-11-19)20-6-3-7-21(24)13-20/h3-14,22,27H,2,15-16H2,1H3. The molecule has 3 rings (SSSR count). The van der Waals surface area contributed by atoms with Crippen LogP contribution in [0.25, 0.3) is 11.1 Å². The Balaban J connectivity index is 1.85. The number of carbonyl (C=O) groups is 1. The number of rotatable bonds is 7. The fourth-order valence-electron chi connectivity index (χ4n) is 3.14. The molecule has 1 N–H and O–H groups in total. The minimum absolute atomic E-state index is 0.107. The zero-order chi connectivity index (χ0) is 19.9. The monoisotopic (exact) mass is 378 g/mol. The van der Waals surface area contributed by atoms with Crippen molar-refractivity contribution in [1.29, 1.82) is 0 Å². The van der Waals surface area contributed by atoms with Crippen LogP contribution in [0.4, 0.5) is 4.39 Å². The minimum Gasteiger partial charge on any atom is -0.394 e. The molecule has 144 valence electrons. The summed E-state index contributed by atoms with van der Waals surface area (Å²) in [6, 6.07) is 16.9. The van der Waals surface area contributed by atoms with Gasteiger partial charge in [-0.1, -0.05) is 37.3 Å². The smallest absolute Gasteiger partial charge is 0.254 e.